The lowest BCUT2D eigenvalue weighted by Gasteiger charge is -2.36. The zero-order valence-corrected chi connectivity index (χ0v) is 14.1. The second-order valence-corrected chi connectivity index (χ2v) is 10.6. The highest BCUT2D eigenvalue weighted by molar-refractivity contribution is 7.89. The Labute approximate surface area is 129 Å². The van der Waals surface area contributed by atoms with Crippen LogP contribution in [-0.2, 0) is 33.7 Å². The number of hydrogen-bond donors (Lipinski definition) is 0. The van der Waals surface area contributed by atoms with Gasteiger partial charge in [-0.15, -0.1) is 0 Å². The van der Waals surface area contributed by atoms with Crippen LogP contribution < -0.4 is 0 Å². The second kappa shape index (κ2) is 5.18. The van der Waals surface area contributed by atoms with E-state index in [2.05, 4.69) is 0 Å². The molecule has 0 N–H and O–H groups in total. The minimum absolute atomic E-state index is 0.318. The molecule has 0 aromatic heterocycles. The van der Waals surface area contributed by atoms with Gasteiger partial charge < -0.3 is 0 Å². The molecular weight excluding hydrogens is 306 g/mol. The first kappa shape index (κ1) is 15.2. The maximum absolute atomic E-state index is 12.8. The van der Waals surface area contributed by atoms with E-state index in [1.807, 2.05) is 26.0 Å². The molecule has 0 radical (unpaired) electrons. The van der Waals surface area contributed by atoms with Crippen molar-refractivity contribution in [3.8, 4) is 0 Å². The fourth-order valence-electron chi connectivity index (χ4n) is 3.10. The number of sulfonamides is 1. The van der Waals surface area contributed by atoms with Crippen molar-refractivity contribution in [2.24, 2.45) is 0 Å². The van der Waals surface area contributed by atoms with Crippen molar-refractivity contribution < 1.29 is 12.6 Å². The van der Waals surface area contributed by atoms with Gasteiger partial charge in [-0.3, -0.25) is 4.21 Å². The van der Waals surface area contributed by atoms with Gasteiger partial charge in [-0.25, -0.2) is 8.42 Å². The smallest absolute Gasteiger partial charge is 0.243 e. The van der Waals surface area contributed by atoms with Crippen molar-refractivity contribution >= 4 is 20.8 Å². The summed E-state index contributed by atoms with van der Waals surface area (Å²) in [5, 5.41) is 0. The summed E-state index contributed by atoms with van der Waals surface area (Å²) in [5.41, 5.74) is 2.44. The summed E-state index contributed by atoms with van der Waals surface area (Å²) in [5.74, 6) is 0.414. The summed E-state index contributed by atoms with van der Waals surface area (Å²) in [6.07, 6.45) is 3.12. The third-order valence-corrected chi connectivity index (χ3v) is 8.16. The molecule has 0 spiro atoms. The Hall–Kier alpha value is -0.720. The Kier molecular flexibility index (Phi) is 3.74. The summed E-state index contributed by atoms with van der Waals surface area (Å²) >= 11 is 0. The van der Waals surface area contributed by atoms with Crippen LogP contribution in [0.4, 0.5) is 0 Å². The van der Waals surface area contributed by atoms with Crippen LogP contribution in [-0.4, -0.2) is 40.5 Å². The van der Waals surface area contributed by atoms with Crippen molar-refractivity contribution in [2.75, 3.05) is 18.8 Å². The number of aryl methyl sites for hydroxylation is 2. The largest absolute Gasteiger partial charge is 0.259 e. The van der Waals surface area contributed by atoms with Gasteiger partial charge in [0.1, 0.15) is 0 Å². The summed E-state index contributed by atoms with van der Waals surface area (Å²) in [4.78, 5) is 0.381. The van der Waals surface area contributed by atoms with E-state index in [0.717, 1.165) is 24.8 Å². The maximum atomic E-state index is 12.8. The number of rotatable bonds is 2. The molecule has 21 heavy (non-hydrogen) atoms. The van der Waals surface area contributed by atoms with Gasteiger partial charge in [0.25, 0.3) is 0 Å². The van der Waals surface area contributed by atoms with Crippen LogP contribution in [0.1, 0.15) is 31.4 Å². The molecule has 0 amide bonds. The zero-order chi connectivity index (χ0) is 15.3. The first-order valence-electron chi connectivity index (χ1n) is 7.31. The Morgan fingerprint density at radius 1 is 1.19 bits per heavy atom. The van der Waals surface area contributed by atoms with Crippen LogP contribution in [0.3, 0.4) is 0 Å². The molecule has 1 atom stereocenters. The minimum Gasteiger partial charge on any atom is -0.259 e. The SMILES string of the molecule is CC1(C)CN(S(=O)(=O)c2ccc3c(c2)CCC3)CC[S@@]1=O. The monoisotopic (exact) mass is 327 g/mol. The highest BCUT2D eigenvalue weighted by atomic mass is 32.2. The molecule has 1 aliphatic carbocycles. The van der Waals surface area contributed by atoms with E-state index in [9.17, 15) is 12.6 Å². The molecule has 2 aliphatic rings. The number of hydrogen-bond acceptors (Lipinski definition) is 3. The molecule has 1 heterocycles. The predicted molar refractivity (Wildman–Crippen MR) is 84.3 cm³/mol. The number of nitrogens with zero attached hydrogens (tertiary/aromatic N) is 1. The fraction of sp³-hybridized carbons (Fsp3) is 0.600. The lowest BCUT2D eigenvalue weighted by molar-refractivity contribution is 0.378. The van der Waals surface area contributed by atoms with Crippen LogP contribution in [0, 0.1) is 0 Å². The van der Waals surface area contributed by atoms with Gasteiger partial charge in [-0.05, 0) is 56.4 Å². The average Bonchev–Trinajstić information content (AvgIpc) is 2.88. The van der Waals surface area contributed by atoms with Crippen LogP contribution in [0.15, 0.2) is 23.1 Å². The van der Waals surface area contributed by atoms with Crippen molar-refractivity contribution in [1.82, 2.24) is 4.31 Å². The average molecular weight is 327 g/mol. The first-order valence-corrected chi connectivity index (χ1v) is 10.1. The lowest BCUT2D eigenvalue weighted by Crippen LogP contribution is -2.51. The Morgan fingerprint density at radius 3 is 2.62 bits per heavy atom. The van der Waals surface area contributed by atoms with Crippen LogP contribution in [0.5, 0.6) is 0 Å². The zero-order valence-electron chi connectivity index (χ0n) is 12.5. The first-order chi connectivity index (χ1) is 9.80. The van der Waals surface area contributed by atoms with Crippen molar-refractivity contribution in [1.29, 1.82) is 0 Å². The Morgan fingerprint density at radius 2 is 1.90 bits per heavy atom. The minimum atomic E-state index is -3.48. The van der Waals surface area contributed by atoms with Crippen LogP contribution in [0.25, 0.3) is 0 Å². The highest BCUT2D eigenvalue weighted by Gasteiger charge is 2.38. The van der Waals surface area contributed by atoms with E-state index in [-0.39, 0.29) is 0 Å². The van der Waals surface area contributed by atoms with Gasteiger partial charge in [0.2, 0.25) is 10.0 Å². The number of fused-ring (bicyclic) bond motifs is 1. The Balaban J connectivity index is 1.92. The molecule has 0 bridgehead atoms. The topological polar surface area (TPSA) is 54.5 Å². The van der Waals surface area contributed by atoms with E-state index in [0.29, 0.717) is 23.7 Å². The molecule has 1 saturated heterocycles. The summed E-state index contributed by atoms with van der Waals surface area (Å²) < 4.78 is 38.6. The standard InChI is InChI=1S/C15H21NO3S2/c1-15(2)11-16(8-9-20(15)17)21(18,19)14-7-6-12-4-3-5-13(12)10-14/h6-7,10H,3-5,8-9,11H2,1-2H3/t20-/m0/s1. The highest BCUT2D eigenvalue weighted by Crippen LogP contribution is 2.29. The predicted octanol–water partition coefficient (Wildman–Crippen LogP) is 1.71. The maximum Gasteiger partial charge on any atom is 0.243 e. The van der Waals surface area contributed by atoms with Crippen molar-refractivity contribution in [2.45, 2.75) is 42.8 Å². The quantitative estimate of drug-likeness (QED) is 0.831. The molecule has 116 valence electrons. The molecule has 0 unspecified atom stereocenters. The molecule has 6 heteroatoms. The van der Waals surface area contributed by atoms with Crippen LogP contribution in [0.2, 0.25) is 0 Å². The number of benzene rings is 1. The van der Waals surface area contributed by atoms with E-state index in [4.69, 9.17) is 0 Å². The van der Waals surface area contributed by atoms with Gasteiger partial charge in [0.05, 0.1) is 9.64 Å². The van der Waals surface area contributed by atoms with E-state index in [1.54, 1.807) is 6.07 Å². The van der Waals surface area contributed by atoms with Gasteiger partial charge in [0.15, 0.2) is 0 Å². The van der Waals surface area contributed by atoms with Crippen molar-refractivity contribution in [3.05, 3.63) is 29.3 Å². The molecular formula is C15H21NO3S2. The lowest BCUT2D eigenvalue weighted by atomic mass is 10.1. The fourth-order valence-corrected chi connectivity index (χ4v) is 6.19. The van der Waals surface area contributed by atoms with E-state index >= 15 is 0 Å². The van der Waals surface area contributed by atoms with Gasteiger partial charge in [-0.1, -0.05) is 6.07 Å². The molecule has 0 saturated carbocycles. The van der Waals surface area contributed by atoms with Gasteiger partial charge >= 0.3 is 0 Å². The summed E-state index contributed by atoms with van der Waals surface area (Å²) in [6.45, 7) is 4.40. The van der Waals surface area contributed by atoms with Crippen molar-refractivity contribution in [3.63, 3.8) is 0 Å². The van der Waals surface area contributed by atoms with E-state index in [1.165, 1.54) is 9.87 Å². The molecule has 3 rings (SSSR count). The Bertz CT molecular complexity index is 695. The third kappa shape index (κ3) is 2.69. The van der Waals surface area contributed by atoms with Gasteiger partial charge in [0, 0.05) is 29.6 Å². The molecule has 1 fully saturated rings. The molecule has 1 aromatic rings. The molecule has 1 aromatic carbocycles. The summed E-state index contributed by atoms with van der Waals surface area (Å²) in [6, 6.07) is 5.50. The van der Waals surface area contributed by atoms with E-state index < -0.39 is 25.6 Å². The molecule has 4 nitrogen and oxygen atoms in total. The molecule has 1 aliphatic heterocycles. The second-order valence-electron chi connectivity index (χ2n) is 6.43. The van der Waals surface area contributed by atoms with Gasteiger partial charge in [-0.2, -0.15) is 4.31 Å². The van der Waals surface area contributed by atoms with Crippen LogP contribution >= 0.6 is 0 Å². The summed E-state index contributed by atoms with van der Waals surface area (Å²) in [7, 11) is -4.45. The normalized spacial score (nSPS) is 25.7. The third-order valence-electron chi connectivity index (χ3n) is 4.41.